The fraction of sp³-hybridized carbons (Fsp3) is 0.438. The van der Waals surface area contributed by atoms with Crippen LogP contribution in [0.2, 0.25) is 0 Å². The summed E-state index contributed by atoms with van der Waals surface area (Å²) in [6.07, 6.45) is 0.515. The molecule has 5 rings (SSSR count). The van der Waals surface area contributed by atoms with Gasteiger partial charge in [0.25, 0.3) is 0 Å². The van der Waals surface area contributed by atoms with Crippen LogP contribution in [0.1, 0.15) is 81.3 Å². The van der Waals surface area contributed by atoms with E-state index in [4.69, 9.17) is 4.74 Å². The van der Waals surface area contributed by atoms with Crippen LogP contribution in [0, 0.1) is 40.9 Å². The zero-order valence-corrected chi connectivity index (χ0v) is 22.1. The standard InChI is InChI=1S/C32H31F7O/c1-18-2-4-19(5-3-18)22-15-29(36)31(30(37)16-22)20-6-9-23(10-7-20)32(38,39)40-24-11-12-25(27(34)17-24)21-8-13-26(33)28(35)14-21/h8,11-20,23H,2-7,9-10H2,1H3. The number of halogens is 7. The summed E-state index contributed by atoms with van der Waals surface area (Å²) in [5.41, 5.74) is 0.588. The molecule has 0 aliphatic heterocycles. The molecule has 0 N–H and O–H groups in total. The third-order valence-electron chi connectivity index (χ3n) is 8.62. The van der Waals surface area contributed by atoms with Crippen molar-refractivity contribution in [1.29, 1.82) is 0 Å². The van der Waals surface area contributed by atoms with Crippen LogP contribution in [-0.4, -0.2) is 6.11 Å². The predicted molar refractivity (Wildman–Crippen MR) is 139 cm³/mol. The van der Waals surface area contributed by atoms with Crippen LogP contribution in [-0.2, 0) is 0 Å². The van der Waals surface area contributed by atoms with Crippen LogP contribution < -0.4 is 4.74 Å². The smallest absolute Gasteiger partial charge is 0.400 e. The average molecular weight is 565 g/mol. The van der Waals surface area contributed by atoms with Crippen LogP contribution in [0.5, 0.6) is 5.75 Å². The van der Waals surface area contributed by atoms with Crippen molar-refractivity contribution < 1.29 is 35.5 Å². The van der Waals surface area contributed by atoms with E-state index < -0.39 is 52.8 Å². The summed E-state index contributed by atoms with van der Waals surface area (Å²) in [7, 11) is 0. The van der Waals surface area contributed by atoms with E-state index in [1.165, 1.54) is 18.2 Å². The molecule has 3 aromatic carbocycles. The van der Waals surface area contributed by atoms with Gasteiger partial charge in [0.2, 0.25) is 0 Å². The zero-order chi connectivity index (χ0) is 28.6. The number of benzene rings is 3. The molecule has 1 nitrogen and oxygen atoms in total. The number of alkyl halides is 2. The Morgan fingerprint density at radius 3 is 1.85 bits per heavy atom. The fourth-order valence-corrected chi connectivity index (χ4v) is 6.24. The minimum absolute atomic E-state index is 0.0196. The van der Waals surface area contributed by atoms with Gasteiger partial charge in [-0.15, -0.1) is 0 Å². The molecule has 0 atom stereocenters. The minimum Gasteiger partial charge on any atom is -0.432 e. The highest BCUT2D eigenvalue weighted by Crippen LogP contribution is 2.45. The van der Waals surface area contributed by atoms with Gasteiger partial charge in [-0.3, -0.25) is 0 Å². The van der Waals surface area contributed by atoms with Gasteiger partial charge in [0, 0.05) is 17.2 Å². The summed E-state index contributed by atoms with van der Waals surface area (Å²) >= 11 is 0. The Labute approximate surface area is 229 Å². The molecule has 0 saturated heterocycles. The quantitative estimate of drug-likeness (QED) is 0.271. The first-order valence-electron chi connectivity index (χ1n) is 13.8. The average Bonchev–Trinajstić information content (AvgIpc) is 2.90. The summed E-state index contributed by atoms with van der Waals surface area (Å²) in [6.45, 7) is 2.18. The monoisotopic (exact) mass is 564 g/mol. The first kappa shape index (κ1) is 28.5. The number of ether oxygens (including phenoxy) is 1. The number of hydrogen-bond acceptors (Lipinski definition) is 1. The van der Waals surface area contributed by atoms with Gasteiger partial charge in [0.1, 0.15) is 23.2 Å². The van der Waals surface area contributed by atoms with Crippen LogP contribution in [0.4, 0.5) is 30.7 Å². The van der Waals surface area contributed by atoms with Crippen molar-refractivity contribution in [2.75, 3.05) is 0 Å². The lowest BCUT2D eigenvalue weighted by Crippen LogP contribution is -2.37. The molecule has 2 aliphatic carbocycles. The molecule has 2 saturated carbocycles. The molecular weight excluding hydrogens is 533 g/mol. The highest BCUT2D eigenvalue weighted by Gasteiger charge is 2.45. The highest BCUT2D eigenvalue weighted by molar-refractivity contribution is 5.65. The van der Waals surface area contributed by atoms with Crippen molar-refractivity contribution in [2.24, 2.45) is 11.8 Å². The van der Waals surface area contributed by atoms with Gasteiger partial charge in [0.05, 0.1) is 5.92 Å². The summed E-state index contributed by atoms with van der Waals surface area (Å²) in [6, 6.07) is 8.75. The molecule has 0 spiro atoms. The largest absolute Gasteiger partial charge is 0.432 e. The van der Waals surface area contributed by atoms with Gasteiger partial charge in [-0.25, -0.2) is 22.0 Å². The molecule has 8 heteroatoms. The van der Waals surface area contributed by atoms with Crippen LogP contribution in [0.3, 0.4) is 0 Å². The maximum atomic E-state index is 15.1. The molecule has 2 aliphatic rings. The van der Waals surface area contributed by atoms with E-state index in [-0.39, 0.29) is 48.3 Å². The van der Waals surface area contributed by atoms with E-state index in [1.54, 1.807) is 0 Å². The van der Waals surface area contributed by atoms with E-state index in [9.17, 15) is 13.2 Å². The summed E-state index contributed by atoms with van der Waals surface area (Å²) in [5.74, 6) is -5.80. The van der Waals surface area contributed by atoms with Gasteiger partial charge in [-0.1, -0.05) is 25.8 Å². The molecular formula is C32H31F7O. The second kappa shape index (κ2) is 11.5. The molecule has 214 valence electrons. The van der Waals surface area contributed by atoms with Crippen LogP contribution in [0.25, 0.3) is 11.1 Å². The molecule has 0 heterocycles. The second-order valence-electron chi connectivity index (χ2n) is 11.3. The third kappa shape index (κ3) is 6.01. The van der Waals surface area contributed by atoms with E-state index in [2.05, 4.69) is 6.92 Å². The summed E-state index contributed by atoms with van der Waals surface area (Å²) in [5, 5.41) is 0. The van der Waals surface area contributed by atoms with Crippen molar-refractivity contribution in [3.63, 3.8) is 0 Å². The Hall–Kier alpha value is -3.03. The zero-order valence-electron chi connectivity index (χ0n) is 22.1. The van der Waals surface area contributed by atoms with Crippen LogP contribution in [0.15, 0.2) is 48.5 Å². The predicted octanol–water partition coefficient (Wildman–Crippen LogP) is 10.3. The summed E-state index contributed by atoms with van der Waals surface area (Å²) in [4.78, 5) is 0. The van der Waals surface area contributed by atoms with Gasteiger partial charge >= 0.3 is 6.11 Å². The molecule has 0 radical (unpaired) electrons. The molecule has 3 aromatic rings. The lowest BCUT2D eigenvalue weighted by Gasteiger charge is -2.34. The minimum atomic E-state index is -3.64. The first-order chi connectivity index (χ1) is 19.0. The maximum absolute atomic E-state index is 15.1. The van der Waals surface area contributed by atoms with Gasteiger partial charge < -0.3 is 4.74 Å². The highest BCUT2D eigenvalue weighted by atomic mass is 19.3. The Morgan fingerprint density at radius 1 is 0.625 bits per heavy atom. The van der Waals surface area contributed by atoms with E-state index >= 15 is 17.6 Å². The number of rotatable bonds is 6. The molecule has 0 unspecified atom stereocenters. The van der Waals surface area contributed by atoms with Gasteiger partial charge in [0.15, 0.2) is 11.6 Å². The maximum Gasteiger partial charge on any atom is 0.400 e. The van der Waals surface area contributed by atoms with Crippen molar-refractivity contribution in [3.05, 3.63) is 88.7 Å². The van der Waals surface area contributed by atoms with Crippen molar-refractivity contribution >= 4 is 0 Å². The van der Waals surface area contributed by atoms with E-state index in [1.807, 2.05) is 0 Å². The Kier molecular flexibility index (Phi) is 8.16. The number of hydrogen-bond donors (Lipinski definition) is 0. The van der Waals surface area contributed by atoms with Crippen LogP contribution >= 0.6 is 0 Å². The Balaban J connectivity index is 1.23. The van der Waals surface area contributed by atoms with Gasteiger partial charge in [-0.05, 0) is 104 Å². The Morgan fingerprint density at radius 2 is 1.25 bits per heavy atom. The Bertz CT molecular complexity index is 1330. The van der Waals surface area contributed by atoms with Crippen molar-refractivity contribution in [3.8, 4) is 16.9 Å². The van der Waals surface area contributed by atoms with Crippen molar-refractivity contribution in [2.45, 2.75) is 76.2 Å². The fourth-order valence-electron chi connectivity index (χ4n) is 6.24. The lowest BCUT2D eigenvalue weighted by molar-refractivity contribution is -0.222. The summed E-state index contributed by atoms with van der Waals surface area (Å²) < 4.78 is 107. The van der Waals surface area contributed by atoms with Gasteiger partial charge in [-0.2, -0.15) is 8.78 Å². The second-order valence-corrected chi connectivity index (χ2v) is 11.3. The molecule has 0 amide bonds. The molecule has 0 bridgehead atoms. The topological polar surface area (TPSA) is 9.23 Å². The molecule has 0 aromatic heterocycles. The van der Waals surface area contributed by atoms with Crippen molar-refractivity contribution in [1.82, 2.24) is 0 Å². The third-order valence-corrected chi connectivity index (χ3v) is 8.62. The molecule has 40 heavy (non-hydrogen) atoms. The van der Waals surface area contributed by atoms with E-state index in [0.717, 1.165) is 56.0 Å². The first-order valence-corrected chi connectivity index (χ1v) is 13.8. The van der Waals surface area contributed by atoms with E-state index in [0.29, 0.717) is 11.5 Å². The molecule has 2 fully saturated rings. The SMILES string of the molecule is CC1CCC(c2cc(F)c(C3CCC(C(F)(F)Oc4ccc(-c5ccc(F)c(F)c5)c(F)c4)CC3)c(F)c2)CC1. The lowest BCUT2D eigenvalue weighted by atomic mass is 9.76. The normalized spacial score (nSPS) is 23.7.